The summed E-state index contributed by atoms with van der Waals surface area (Å²) in [6.07, 6.45) is 9.35. The average Bonchev–Trinajstić information content (AvgIpc) is 3.04. The Morgan fingerprint density at radius 3 is 2.77 bits per heavy atom. The number of rotatable bonds is 5. The number of benzene rings is 1. The van der Waals surface area contributed by atoms with E-state index < -0.39 is 11.2 Å². The molecule has 1 heterocycles. The Hall–Kier alpha value is -1.53. The predicted molar refractivity (Wildman–Crippen MR) is 122 cm³/mol. The molecule has 1 spiro atoms. The van der Waals surface area contributed by atoms with Gasteiger partial charge in [-0.2, -0.15) is 0 Å². The van der Waals surface area contributed by atoms with E-state index in [1.807, 2.05) is 0 Å². The maximum Gasteiger partial charge on any atom is 0.317 e. The zero-order valence-electron chi connectivity index (χ0n) is 17.4. The van der Waals surface area contributed by atoms with E-state index in [0.717, 1.165) is 24.2 Å². The normalized spacial score (nSPS) is 41.5. The molecule has 3 bridgehead atoms. The number of fused-ring (bicyclic) bond motifs is 2. The third-order valence-corrected chi connectivity index (χ3v) is 10.3. The van der Waals surface area contributed by atoms with E-state index in [-0.39, 0.29) is 12.3 Å². The number of hydrogen-bond donors (Lipinski definition) is 1. The maximum absolute atomic E-state index is 13.0. The topological polar surface area (TPSA) is 70.0 Å². The number of hydrogen-bond acceptors (Lipinski definition) is 4. The van der Waals surface area contributed by atoms with Gasteiger partial charge in [0.2, 0.25) is 5.91 Å². The van der Waals surface area contributed by atoms with Crippen LogP contribution in [0.2, 0.25) is 5.02 Å². The summed E-state index contributed by atoms with van der Waals surface area (Å²) in [6.45, 7) is 0.644. The van der Waals surface area contributed by atoms with Crippen molar-refractivity contribution in [1.82, 2.24) is 4.90 Å². The van der Waals surface area contributed by atoms with Crippen LogP contribution in [0.25, 0.3) is 0 Å². The average molecular weight is 459 g/mol. The van der Waals surface area contributed by atoms with Crippen molar-refractivity contribution in [3.05, 3.63) is 29.3 Å². The molecule has 1 amide bonds. The summed E-state index contributed by atoms with van der Waals surface area (Å²) in [5.41, 5.74) is 1.70. The van der Waals surface area contributed by atoms with Gasteiger partial charge in [0.05, 0.1) is 12.1 Å². The molecular weight excluding hydrogens is 432 g/mol. The number of carboxylic acids is 1. The minimum Gasteiger partial charge on any atom is -0.480 e. The Morgan fingerprint density at radius 1 is 1.19 bits per heavy atom. The highest BCUT2D eigenvalue weighted by Crippen LogP contribution is 2.79. The van der Waals surface area contributed by atoms with Crippen molar-refractivity contribution in [2.24, 2.45) is 33.6 Å². The lowest BCUT2D eigenvalue weighted by atomic mass is 9.55. The third-order valence-electron chi connectivity index (χ3n) is 8.92. The standard InChI is InChI=1S/C24H27ClN2O3S/c25-17-1-3-18(4-2-17)26-22-27(20(28)9-19(31-22)21(29)30)6-5-23-10-14-7-15-8-16(12-23)24(15,11-14)13-23/h1-4,14-16,19H,5-13H2,(H,29,30). The number of aliphatic imine (C=N–C) groups is 1. The second-order valence-corrected chi connectivity index (χ2v) is 12.2. The van der Waals surface area contributed by atoms with Crippen LogP contribution >= 0.6 is 23.4 Å². The maximum atomic E-state index is 13.0. The highest BCUT2D eigenvalue weighted by Gasteiger charge is 2.70. The fourth-order valence-electron chi connectivity index (χ4n) is 7.86. The molecule has 1 saturated heterocycles. The van der Waals surface area contributed by atoms with Crippen molar-refractivity contribution < 1.29 is 14.7 Å². The number of thioether (sulfide) groups is 1. The summed E-state index contributed by atoms with van der Waals surface area (Å²) in [6, 6.07) is 7.12. The lowest BCUT2D eigenvalue weighted by molar-refractivity contribution is -0.139. The van der Waals surface area contributed by atoms with Gasteiger partial charge in [0, 0.05) is 11.6 Å². The van der Waals surface area contributed by atoms with Crippen molar-refractivity contribution in [3.8, 4) is 0 Å². The van der Waals surface area contributed by atoms with Gasteiger partial charge in [-0.25, -0.2) is 4.99 Å². The van der Waals surface area contributed by atoms with E-state index >= 15 is 0 Å². The number of aliphatic carboxylic acids is 1. The van der Waals surface area contributed by atoms with Crippen molar-refractivity contribution >= 4 is 46.1 Å². The molecule has 4 aliphatic carbocycles. The van der Waals surface area contributed by atoms with E-state index in [0.29, 0.717) is 33.3 Å². The van der Waals surface area contributed by atoms with Crippen LogP contribution < -0.4 is 0 Å². The predicted octanol–water partition coefficient (Wildman–Crippen LogP) is 5.35. The minimum absolute atomic E-state index is 0.0316. The monoisotopic (exact) mass is 458 g/mol. The molecule has 0 radical (unpaired) electrons. The highest BCUT2D eigenvalue weighted by molar-refractivity contribution is 8.15. The molecule has 1 N–H and O–H groups in total. The molecule has 7 heteroatoms. The van der Waals surface area contributed by atoms with Gasteiger partial charge in [0.15, 0.2) is 5.17 Å². The summed E-state index contributed by atoms with van der Waals surface area (Å²) in [7, 11) is 0. The van der Waals surface area contributed by atoms with E-state index in [2.05, 4.69) is 4.99 Å². The second-order valence-electron chi connectivity index (χ2n) is 10.6. The molecule has 0 aromatic heterocycles. The van der Waals surface area contributed by atoms with E-state index in [4.69, 9.17) is 11.6 Å². The molecule has 4 saturated carbocycles. The van der Waals surface area contributed by atoms with Crippen molar-refractivity contribution in [2.75, 3.05) is 6.54 Å². The highest BCUT2D eigenvalue weighted by atomic mass is 35.5. The van der Waals surface area contributed by atoms with Gasteiger partial charge in [-0.3, -0.25) is 14.5 Å². The van der Waals surface area contributed by atoms with Crippen LogP contribution in [0.4, 0.5) is 5.69 Å². The fraction of sp³-hybridized carbons (Fsp3) is 0.625. The molecule has 1 aromatic rings. The van der Waals surface area contributed by atoms with Crippen LogP contribution in [0.1, 0.15) is 51.4 Å². The van der Waals surface area contributed by atoms with E-state index in [9.17, 15) is 14.7 Å². The van der Waals surface area contributed by atoms with Gasteiger partial charge in [0.25, 0.3) is 0 Å². The molecule has 164 valence electrons. The van der Waals surface area contributed by atoms with Gasteiger partial charge in [-0.05, 0) is 97.8 Å². The first-order chi connectivity index (χ1) is 14.9. The first kappa shape index (κ1) is 20.1. The molecule has 31 heavy (non-hydrogen) atoms. The van der Waals surface area contributed by atoms with Crippen LogP contribution in [-0.2, 0) is 9.59 Å². The van der Waals surface area contributed by atoms with Gasteiger partial charge in [-0.1, -0.05) is 23.4 Å². The van der Waals surface area contributed by atoms with Crippen molar-refractivity contribution in [2.45, 2.75) is 56.6 Å². The molecule has 6 rings (SSSR count). The van der Waals surface area contributed by atoms with E-state index in [1.54, 1.807) is 29.2 Å². The molecule has 1 aliphatic heterocycles. The second kappa shape index (κ2) is 6.98. The molecule has 5 fully saturated rings. The zero-order valence-corrected chi connectivity index (χ0v) is 19.0. The molecular formula is C24H27ClN2O3S. The van der Waals surface area contributed by atoms with Crippen LogP contribution in [0.5, 0.6) is 0 Å². The SMILES string of the molecule is O=C(O)C1CC(=O)N(CCC23CC4CC5CC(C2)C5(C4)C3)C(=Nc2ccc(Cl)cc2)S1. The first-order valence-electron chi connectivity index (χ1n) is 11.4. The number of carbonyl (C=O) groups excluding carboxylic acids is 1. The third kappa shape index (κ3) is 3.16. The number of amides is 1. The summed E-state index contributed by atoms with van der Waals surface area (Å²) in [5.74, 6) is 1.69. The van der Waals surface area contributed by atoms with E-state index in [1.165, 1.54) is 50.3 Å². The van der Waals surface area contributed by atoms with Crippen molar-refractivity contribution in [3.63, 3.8) is 0 Å². The molecule has 5 aliphatic rings. The lowest BCUT2D eigenvalue weighted by Crippen LogP contribution is -2.45. The number of nitrogens with zero attached hydrogens (tertiary/aromatic N) is 2. The lowest BCUT2D eigenvalue weighted by Gasteiger charge is -2.49. The Kier molecular flexibility index (Phi) is 4.53. The Morgan fingerprint density at radius 2 is 2.00 bits per heavy atom. The molecule has 5 nitrogen and oxygen atoms in total. The quantitative estimate of drug-likeness (QED) is 0.645. The van der Waals surface area contributed by atoms with Crippen LogP contribution in [0, 0.1) is 28.6 Å². The largest absolute Gasteiger partial charge is 0.480 e. The summed E-state index contributed by atoms with van der Waals surface area (Å²) < 4.78 is 0. The van der Waals surface area contributed by atoms with Crippen molar-refractivity contribution in [1.29, 1.82) is 0 Å². The van der Waals surface area contributed by atoms with Gasteiger partial charge < -0.3 is 5.11 Å². The van der Waals surface area contributed by atoms with Crippen LogP contribution in [-0.4, -0.2) is 38.8 Å². The van der Waals surface area contributed by atoms with Crippen LogP contribution in [0.15, 0.2) is 29.3 Å². The number of amidine groups is 1. The zero-order chi connectivity index (χ0) is 21.4. The molecule has 1 aromatic carbocycles. The Labute approximate surface area is 191 Å². The summed E-state index contributed by atoms with van der Waals surface area (Å²) in [4.78, 5) is 31.0. The summed E-state index contributed by atoms with van der Waals surface area (Å²) >= 11 is 7.19. The summed E-state index contributed by atoms with van der Waals surface area (Å²) in [5, 5.41) is 9.87. The van der Waals surface area contributed by atoms with Gasteiger partial charge >= 0.3 is 5.97 Å². The first-order valence-corrected chi connectivity index (χ1v) is 12.7. The molecule has 6 unspecified atom stereocenters. The van der Waals surface area contributed by atoms with Gasteiger partial charge in [0.1, 0.15) is 5.25 Å². The fourth-order valence-corrected chi connectivity index (χ4v) is 9.04. The number of halogens is 1. The Balaban J connectivity index is 1.24. The number of carbonyl (C=O) groups is 2. The molecule has 6 atom stereocenters. The number of carboxylic acid groups (broad SMARTS) is 1. The van der Waals surface area contributed by atoms with Crippen LogP contribution in [0.3, 0.4) is 0 Å². The Bertz CT molecular complexity index is 978. The minimum atomic E-state index is -0.957. The smallest absolute Gasteiger partial charge is 0.317 e. The van der Waals surface area contributed by atoms with Gasteiger partial charge in [-0.15, -0.1) is 0 Å².